The summed E-state index contributed by atoms with van der Waals surface area (Å²) in [5.41, 5.74) is 0. The zero-order valence-corrected chi connectivity index (χ0v) is 6.23. The number of rotatable bonds is 2. The average molecular weight is 158 g/mol. The lowest BCUT2D eigenvalue weighted by Crippen LogP contribution is -2.25. The highest BCUT2D eigenvalue weighted by Gasteiger charge is 2.62. The third kappa shape index (κ3) is 0.840. The largest absolute Gasteiger partial charge is 0.370 e. The second kappa shape index (κ2) is 1.95. The van der Waals surface area contributed by atoms with Gasteiger partial charge in [0.25, 0.3) is 0 Å². The Bertz CT molecular complexity index is 179. The van der Waals surface area contributed by atoms with Gasteiger partial charge in [-0.05, 0) is 0 Å². The lowest BCUT2D eigenvalue weighted by molar-refractivity contribution is -0.162. The summed E-state index contributed by atoms with van der Waals surface area (Å²) in [6, 6.07) is 0. The van der Waals surface area contributed by atoms with Gasteiger partial charge in [-0.1, -0.05) is 0 Å². The van der Waals surface area contributed by atoms with Crippen molar-refractivity contribution < 1.29 is 18.9 Å². The average Bonchev–Trinajstić information content (AvgIpc) is 2.88. The van der Waals surface area contributed by atoms with Crippen molar-refractivity contribution in [3.8, 4) is 0 Å². The molecule has 3 saturated heterocycles. The monoisotopic (exact) mass is 158 g/mol. The second-order valence-corrected chi connectivity index (χ2v) is 3.14. The van der Waals surface area contributed by atoms with E-state index in [0.717, 1.165) is 6.61 Å². The normalized spacial score (nSPS) is 59.2. The van der Waals surface area contributed by atoms with Gasteiger partial charge < -0.3 is 18.9 Å². The number of ether oxygens (including phenoxy) is 4. The Morgan fingerprint density at radius 3 is 2.55 bits per heavy atom. The Labute approximate surface area is 64.4 Å². The Morgan fingerprint density at radius 1 is 1.18 bits per heavy atom. The molecule has 3 aliphatic heterocycles. The molecule has 0 N–H and O–H groups in total. The number of methoxy groups -OCH3 is 1. The van der Waals surface area contributed by atoms with Crippen LogP contribution in [0.1, 0.15) is 0 Å². The molecule has 0 aromatic rings. The van der Waals surface area contributed by atoms with Crippen molar-refractivity contribution >= 4 is 0 Å². The van der Waals surface area contributed by atoms with Gasteiger partial charge in [0, 0.05) is 7.11 Å². The van der Waals surface area contributed by atoms with E-state index in [4.69, 9.17) is 18.9 Å². The van der Waals surface area contributed by atoms with Gasteiger partial charge in [-0.3, -0.25) is 0 Å². The molecule has 5 atom stereocenters. The van der Waals surface area contributed by atoms with Crippen molar-refractivity contribution in [1.82, 2.24) is 0 Å². The third-order valence-corrected chi connectivity index (χ3v) is 2.40. The zero-order chi connectivity index (χ0) is 7.42. The summed E-state index contributed by atoms with van der Waals surface area (Å²) in [5.74, 6) is 0. The van der Waals surface area contributed by atoms with E-state index in [9.17, 15) is 0 Å². The summed E-state index contributed by atoms with van der Waals surface area (Å²) < 4.78 is 21.1. The molecule has 3 rings (SSSR count). The molecule has 0 bridgehead atoms. The molecule has 0 amide bonds. The maximum absolute atomic E-state index is 5.52. The van der Waals surface area contributed by atoms with E-state index in [2.05, 4.69) is 0 Å². The van der Waals surface area contributed by atoms with Crippen molar-refractivity contribution in [2.24, 2.45) is 0 Å². The second-order valence-electron chi connectivity index (χ2n) is 3.14. The topological polar surface area (TPSA) is 43.5 Å². The van der Waals surface area contributed by atoms with Crippen LogP contribution in [0.2, 0.25) is 0 Å². The minimum Gasteiger partial charge on any atom is -0.370 e. The van der Waals surface area contributed by atoms with Crippen LogP contribution in [0, 0.1) is 0 Å². The van der Waals surface area contributed by atoms with E-state index < -0.39 is 0 Å². The Hall–Kier alpha value is -0.160. The maximum atomic E-state index is 5.52. The van der Waals surface area contributed by atoms with Gasteiger partial charge in [0.2, 0.25) is 0 Å². The van der Waals surface area contributed by atoms with Gasteiger partial charge in [0.05, 0.1) is 6.61 Å². The standard InChI is InChI=1S/C7H10O4/c1-8-7-6-5(10-6)4(11-7)3-2-9-3/h3-7H,2H2,1H3/t3?,4-,5+,6+,7-/m1/s1. The molecule has 3 fully saturated rings. The fourth-order valence-electron chi connectivity index (χ4n) is 1.66. The van der Waals surface area contributed by atoms with Gasteiger partial charge in [-0.25, -0.2) is 0 Å². The van der Waals surface area contributed by atoms with Crippen LogP contribution in [0.25, 0.3) is 0 Å². The number of hydrogen-bond donors (Lipinski definition) is 0. The molecule has 0 spiro atoms. The molecule has 3 heterocycles. The van der Waals surface area contributed by atoms with Crippen LogP contribution in [0.5, 0.6) is 0 Å². The minimum atomic E-state index is -0.158. The molecule has 62 valence electrons. The zero-order valence-electron chi connectivity index (χ0n) is 6.23. The van der Waals surface area contributed by atoms with Gasteiger partial charge in [0.15, 0.2) is 6.29 Å². The van der Waals surface area contributed by atoms with Gasteiger partial charge >= 0.3 is 0 Å². The van der Waals surface area contributed by atoms with Gasteiger partial charge in [-0.2, -0.15) is 0 Å². The van der Waals surface area contributed by atoms with Gasteiger partial charge in [-0.15, -0.1) is 0 Å². The van der Waals surface area contributed by atoms with Crippen LogP contribution in [0.15, 0.2) is 0 Å². The van der Waals surface area contributed by atoms with E-state index in [0.29, 0.717) is 0 Å². The first kappa shape index (κ1) is 6.37. The van der Waals surface area contributed by atoms with E-state index in [1.54, 1.807) is 7.11 Å². The van der Waals surface area contributed by atoms with Crippen molar-refractivity contribution in [3.63, 3.8) is 0 Å². The lowest BCUT2D eigenvalue weighted by Gasteiger charge is -2.13. The summed E-state index contributed by atoms with van der Waals surface area (Å²) in [7, 11) is 1.64. The van der Waals surface area contributed by atoms with Crippen LogP contribution < -0.4 is 0 Å². The molecular formula is C7H10O4. The molecule has 0 saturated carbocycles. The minimum absolute atomic E-state index is 0.130. The number of hydrogen-bond acceptors (Lipinski definition) is 4. The quantitative estimate of drug-likeness (QED) is 0.509. The van der Waals surface area contributed by atoms with Crippen LogP contribution in [0.3, 0.4) is 0 Å². The first-order chi connectivity index (χ1) is 5.40. The Morgan fingerprint density at radius 2 is 2.00 bits per heavy atom. The lowest BCUT2D eigenvalue weighted by atomic mass is 10.2. The third-order valence-electron chi connectivity index (χ3n) is 2.40. The molecule has 3 aliphatic rings. The number of epoxide rings is 2. The summed E-state index contributed by atoms with van der Waals surface area (Å²) in [4.78, 5) is 0. The summed E-state index contributed by atoms with van der Waals surface area (Å²) >= 11 is 0. The highest BCUT2D eigenvalue weighted by atomic mass is 16.8. The van der Waals surface area contributed by atoms with Gasteiger partial charge in [0.1, 0.15) is 24.4 Å². The molecule has 11 heavy (non-hydrogen) atoms. The van der Waals surface area contributed by atoms with Crippen LogP contribution in [0.4, 0.5) is 0 Å². The van der Waals surface area contributed by atoms with Crippen molar-refractivity contribution in [2.75, 3.05) is 13.7 Å². The smallest absolute Gasteiger partial charge is 0.186 e. The SMILES string of the molecule is CO[C@@H]1O[C@H](C2CO2)[C@@H]2O[C@H]12. The molecule has 0 aromatic heterocycles. The summed E-state index contributed by atoms with van der Waals surface area (Å²) in [6.07, 6.45) is 0.658. The predicted octanol–water partition coefficient (Wildman–Crippen LogP) is -0.476. The molecule has 0 aliphatic carbocycles. The molecule has 0 radical (unpaired) electrons. The first-order valence-electron chi connectivity index (χ1n) is 3.85. The highest BCUT2D eigenvalue weighted by Crippen LogP contribution is 2.43. The van der Waals surface area contributed by atoms with E-state index in [-0.39, 0.29) is 30.7 Å². The summed E-state index contributed by atoms with van der Waals surface area (Å²) in [6.45, 7) is 0.813. The molecular weight excluding hydrogens is 148 g/mol. The van der Waals surface area contributed by atoms with Crippen LogP contribution >= 0.6 is 0 Å². The van der Waals surface area contributed by atoms with Crippen molar-refractivity contribution in [2.45, 2.75) is 30.7 Å². The predicted molar refractivity (Wildman–Crippen MR) is 34.1 cm³/mol. The Kier molecular flexibility index (Phi) is 1.13. The fourth-order valence-corrected chi connectivity index (χ4v) is 1.66. The van der Waals surface area contributed by atoms with Crippen molar-refractivity contribution in [1.29, 1.82) is 0 Å². The summed E-state index contributed by atoms with van der Waals surface area (Å²) in [5, 5.41) is 0. The first-order valence-corrected chi connectivity index (χ1v) is 3.85. The fraction of sp³-hybridized carbons (Fsp3) is 1.00. The maximum Gasteiger partial charge on any atom is 0.186 e. The molecule has 4 heteroatoms. The van der Waals surface area contributed by atoms with Crippen LogP contribution in [-0.4, -0.2) is 44.4 Å². The van der Waals surface area contributed by atoms with E-state index in [1.807, 2.05) is 0 Å². The van der Waals surface area contributed by atoms with Crippen molar-refractivity contribution in [3.05, 3.63) is 0 Å². The Balaban J connectivity index is 1.71. The van der Waals surface area contributed by atoms with Crippen LogP contribution in [-0.2, 0) is 18.9 Å². The van der Waals surface area contributed by atoms with E-state index >= 15 is 0 Å². The molecule has 1 unspecified atom stereocenters. The molecule has 0 aromatic carbocycles. The molecule has 4 nitrogen and oxygen atoms in total. The highest BCUT2D eigenvalue weighted by molar-refractivity contribution is 5.05. The van der Waals surface area contributed by atoms with E-state index in [1.165, 1.54) is 0 Å². The number of fused-ring (bicyclic) bond motifs is 1.